The van der Waals surface area contributed by atoms with Crippen molar-refractivity contribution in [3.63, 3.8) is 0 Å². The second kappa shape index (κ2) is 5.39. The molecule has 0 bridgehead atoms. The predicted molar refractivity (Wildman–Crippen MR) is 133 cm³/mol. The molecule has 2 radical (unpaired) electrons. The van der Waals surface area contributed by atoms with E-state index < -0.39 is 0 Å². The van der Waals surface area contributed by atoms with Crippen molar-refractivity contribution in [2.75, 3.05) is 0 Å². The Kier molecular flexibility index (Phi) is 2.82. The molecule has 0 atom stereocenters. The van der Waals surface area contributed by atoms with E-state index in [0.29, 0.717) is 0 Å². The molecule has 5 aromatic carbocycles. The molecular formula is C28H15AlN2. The lowest BCUT2D eigenvalue weighted by Gasteiger charge is -2.03. The highest BCUT2D eigenvalue weighted by Crippen LogP contribution is 2.46. The Morgan fingerprint density at radius 3 is 2.00 bits per heavy atom. The summed E-state index contributed by atoms with van der Waals surface area (Å²) in [4.78, 5) is 0. The van der Waals surface area contributed by atoms with Gasteiger partial charge in [0.25, 0.3) is 0 Å². The van der Waals surface area contributed by atoms with Crippen LogP contribution in [0.5, 0.6) is 0 Å². The molecule has 3 heteroatoms. The minimum absolute atomic E-state index is 1.25. The van der Waals surface area contributed by atoms with E-state index in [1.54, 1.807) is 0 Å². The van der Waals surface area contributed by atoms with Crippen LogP contribution >= 0.6 is 0 Å². The molecule has 0 saturated heterocycles. The maximum absolute atomic E-state index is 2.98. The van der Waals surface area contributed by atoms with Crippen LogP contribution in [-0.2, 0) is 0 Å². The molecule has 8 aromatic rings. The molecule has 0 unspecified atom stereocenters. The lowest BCUT2D eigenvalue weighted by atomic mass is 10.0. The summed E-state index contributed by atoms with van der Waals surface area (Å²) in [5.41, 5.74) is 6.42. The maximum Gasteiger partial charge on any atom is 0.318 e. The van der Waals surface area contributed by atoms with Crippen LogP contribution in [0.25, 0.3) is 70.7 Å². The van der Waals surface area contributed by atoms with Crippen molar-refractivity contribution in [2.45, 2.75) is 0 Å². The molecule has 0 N–H and O–H groups in total. The topological polar surface area (TPSA) is 9.34 Å². The van der Waals surface area contributed by atoms with Gasteiger partial charge in [0.1, 0.15) is 0 Å². The molecule has 0 aliphatic heterocycles. The zero-order valence-electron chi connectivity index (χ0n) is 16.6. The molecule has 3 aromatic heterocycles. The Morgan fingerprint density at radius 2 is 1.16 bits per heavy atom. The number of aromatic nitrogens is 2. The summed E-state index contributed by atoms with van der Waals surface area (Å²) in [5.74, 6) is 0. The Bertz CT molecular complexity index is 2010. The highest BCUT2D eigenvalue weighted by atomic mass is 27.1. The normalized spacial score (nSPS) is 12.6. The monoisotopic (exact) mass is 406 g/mol. The first kappa shape index (κ1) is 16.2. The molecule has 0 amide bonds. The zero-order chi connectivity index (χ0) is 20.3. The van der Waals surface area contributed by atoms with Crippen LogP contribution in [0, 0.1) is 0 Å². The first-order valence-corrected chi connectivity index (χ1v) is 11.1. The Balaban J connectivity index is 1.82. The third kappa shape index (κ3) is 1.78. The minimum Gasteiger partial charge on any atom is -0.451 e. The van der Waals surface area contributed by atoms with Crippen molar-refractivity contribution in [3.05, 3.63) is 91.0 Å². The van der Waals surface area contributed by atoms with Crippen molar-refractivity contribution in [2.24, 2.45) is 0 Å². The van der Waals surface area contributed by atoms with E-state index in [1.165, 1.54) is 70.7 Å². The summed E-state index contributed by atoms with van der Waals surface area (Å²) in [6, 6.07) is 33.3. The molecule has 0 aliphatic carbocycles. The molecule has 31 heavy (non-hydrogen) atoms. The van der Waals surface area contributed by atoms with E-state index in [9.17, 15) is 0 Å². The molecule has 3 heterocycles. The fourth-order valence-electron chi connectivity index (χ4n) is 5.81. The predicted octanol–water partition coefficient (Wildman–Crippen LogP) is 7.03. The number of hydrogen-bond donors (Lipinski definition) is 0. The van der Waals surface area contributed by atoms with E-state index in [4.69, 9.17) is 0 Å². The van der Waals surface area contributed by atoms with Gasteiger partial charge in [0.05, 0.1) is 16.6 Å². The summed E-state index contributed by atoms with van der Waals surface area (Å²) >= 11 is 2.98. The number of para-hydroxylation sites is 2. The maximum atomic E-state index is 2.98. The van der Waals surface area contributed by atoms with Crippen molar-refractivity contribution in [1.29, 1.82) is 0 Å². The van der Waals surface area contributed by atoms with Gasteiger partial charge < -0.3 is 7.95 Å². The molecule has 0 fully saturated rings. The summed E-state index contributed by atoms with van der Waals surface area (Å²) < 4.78 is 4.77. The van der Waals surface area contributed by atoms with Gasteiger partial charge in [0.2, 0.25) is 0 Å². The lowest BCUT2D eigenvalue weighted by Crippen LogP contribution is -1.90. The van der Waals surface area contributed by atoms with Gasteiger partial charge in [-0.25, -0.2) is 0 Å². The Labute approximate surface area is 185 Å². The summed E-state index contributed by atoms with van der Waals surface area (Å²) in [6.07, 6.45) is 0. The van der Waals surface area contributed by atoms with Gasteiger partial charge in [0, 0.05) is 43.4 Å². The highest BCUT2D eigenvalue weighted by molar-refractivity contribution is 6.38. The van der Waals surface area contributed by atoms with Gasteiger partial charge in [-0.15, -0.1) is 0 Å². The average Bonchev–Trinajstić information content (AvgIpc) is 3.43. The van der Waals surface area contributed by atoms with E-state index in [0.717, 1.165) is 0 Å². The van der Waals surface area contributed by atoms with E-state index in [1.807, 2.05) is 0 Å². The second-order valence-corrected chi connectivity index (χ2v) is 8.98. The summed E-state index contributed by atoms with van der Waals surface area (Å²) in [6.45, 7) is 0. The first-order valence-electron chi connectivity index (χ1n) is 10.6. The van der Waals surface area contributed by atoms with Crippen LogP contribution in [0.15, 0.2) is 91.0 Å². The first-order chi connectivity index (χ1) is 15.3. The molecular weight excluding hydrogens is 391 g/mol. The van der Waals surface area contributed by atoms with Crippen molar-refractivity contribution < 1.29 is 0 Å². The molecule has 0 aliphatic rings. The van der Waals surface area contributed by atoms with E-state index in [-0.39, 0.29) is 0 Å². The number of rotatable bonds is 0. The van der Waals surface area contributed by atoms with Gasteiger partial charge in [-0.05, 0) is 35.0 Å². The SMILES string of the molecule is [Al][n]1c2ccc3ccccc3c2c2cc3c4ccccc4n4c5ccccc5c(c21)c34. The fourth-order valence-corrected chi connectivity index (χ4v) is 6.29. The number of nitrogens with zero attached hydrogens (tertiary/aromatic N) is 2. The number of benzene rings is 5. The van der Waals surface area contributed by atoms with E-state index in [2.05, 4.69) is 115 Å². The quantitative estimate of drug-likeness (QED) is 0.239. The highest BCUT2D eigenvalue weighted by Gasteiger charge is 2.22. The van der Waals surface area contributed by atoms with Crippen LogP contribution < -0.4 is 0 Å². The van der Waals surface area contributed by atoms with Gasteiger partial charge in [0.15, 0.2) is 0 Å². The van der Waals surface area contributed by atoms with Crippen LogP contribution in [-0.4, -0.2) is 24.5 Å². The van der Waals surface area contributed by atoms with Gasteiger partial charge >= 0.3 is 16.5 Å². The molecule has 140 valence electrons. The van der Waals surface area contributed by atoms with Crippen LogP contribution in [0.1, 0.15) is 0 Å². The van der Waals surface area contributed by atoms with E-state index >= 15 is 0 Å². The smallest absolute Gasteiger partial charge is 0.318 e. The lowest BCUT2D eigenvalue weighted by molar-refractivity contribution is 1.37. The minimum atomic E-state index is 1.25. The van der Waals surface area contributed by atoms with Gasteiger partial charge in [-0.2, -0.15) is 0 Å². The largest absolute Gasteiger partial charge is 0.451 e. The standard InChI is InChI=1S/C28H15N2.Al/c1-2-8-17-16(7-1)13-14-22-25(17)21-15-20-18-9-3-5-11-23(18)30-24-12-6-4-10-19(24)26(28(20)30)27(21)29-22;/h1-15H;/q-1;+1. The molecule has 8 rings (SSSR count). The molecule has 0 spiro atoms. The summed E-state index contributed by atoms with van der Waals surface area (Å²) in [5, 5.41) is 10.6. The Hall–Kier alpha value is -3.51. The second-order valence-electron chi connectivity index (χ2n) is 8.46. The third-order valence-corrected chi connectivity index (χ3v) is 7.56. The Morgan fingerprint density at radius 1 is 0.484 bits per heavy atom. The molecule has 0 saturated carbocycles. The third-order valence-electron chi connectivity index (χ3n) is 7.02. The fraction of sp³-hybridized carbons (Fsp3) is 0. The van der Waals surface area contributed by atoms with Crippen molar-refractivity contribution in [3.8, 4) is 0 Å². The number of hydrogen-bond acceptors (Lipinski definition) is 0. The molecule has 2 nitrogen and oxygen atoms in total. The zero-order valence-corrected chi connectivity index (χ0v) is 17.8. The van der Waals surface area contributed by atoms with Gasteiger partial charge in [-0.3, -0.25) is 0 Å². The summed E-state index contributed by atoms with van der Waals surface area (Å²) in [7, 11) is 0. The van der Waals surface area contributed by atoms with Crippen LogP contribution in [0.4, 0.5) is 0 Å². The number of fused-ring (bicyclic) bond motifs is 12. The average molecular weight is 406 g/mol. The van der Waals surface area contributed by atoms with Crippen LogP contribution in [0.2, 0.25) is 0 Å². The van der Waals surface area contributed by atoms with Crippen molar-refractivity contribution in [1.82, 2.24) is 7.95 Å². The van der Waals surface area contributed by atoms with Crippen molar-refractivity contribution >= 4 is 87.2 Å². The van der Waals surface area contributed by atoms with Gasteiger partial charge in [-0.1, -0.05) is 66.7 Å². The van der Waals surface area contributed by atoms with Crippen LogP contribution in [0.3, 0.4) is 0 Å².